The number of hydrogen-bond donors (Lipinski definition) is 1. The van der Waals surface area contributed by atoms with Crippen LogP contribution in [0.15, 0.2) is 6.20 Å². The van der Waals surface area contributed by atoms with Gasteiger partial charge in [0.05, 0.1) is 21.6 Å². The largest absolute Gasteiger partial charge is 0.356 e. The van der Waals surface area contributed by atoms with Crippen LogP contribution < -0.4 is 15.5 Å². The minimum absolute atomic E-state index is 0.262. The van der Waals surface area contributed by atoms with Crippen LogP contribution in [0.2, 0.25) is 0 Å². The van der Waals surface area contributed by atoms with E-state index in [0.717, 1.165) is 48.9 Å². The van der Waals surface area contributed by atoms with E-state index in [1.165, 1.54) is 50.6 Å². The second-order valence-electron chi connectivity index (χ2n) is 9.47. The van der Waals surface area contributed by atoms with Crippen molar-refractivity contribution in [2.45, 2.75) is 65.8 Å². The first-order valence-electron chi connectivity index (χ1n) is 11.3. The summed E-state index contributed by atoms with van der Waals surface area (Å²) in [5, 5.41) is 2.39. The van der Waals surface area contributed by atoms with Crippen molar-refractivity contribution in [3.05, 3.63) is 38.7 Å². The van der Waals surface area contributed by atoms with Crippen LogP contribution in [0.5, 0.6) is 0 Å². The molecule has 2 N–H and O–H groups in total. The smallest absolute Gasteiger partial charge is 0.150 e. The van der Waals surface area contributed by atoms with Crippen LogP contribution in [0.3, 0.4) is 0 Å². The molecule has 3 aromatic heterocycles. The third kappa shape index (κ3) is 3.57. The van der Waals surface area contributed by atoms with Crippen LogP contribution in [-0.2, 0) is 6.42 Å². The molecule has 164 valence electrons. The highest BCUT2D eigenvalue weighted by Gasteiger charge is 2.26. The highest BCUT2D eigenvalue weighted by Crippen LogP contribution is 2.34. The molecule has 1 aliphatic carbocycles. The van der Waals surface area contributed by atoms with Gasteiger partial charge in [0.1, 0.15) is 17.3 Å². The maximum absolute atomic E-state index is 6.44. The Kier molecular flexibility index (Phi) is 5.13. The van der Waals surface area contributed by atoms with Gasteiger partial charge in [0.2, 0.25) is 0 Å². The van der Waals surface area contributed by atoms with Crippen LogP contribution >= 0.6 is 11.5 Å². The highest BCUT2D eigenvalue weighted by atomic mass is 32.1. The van der Waals surface area contributed by atoms with Gasteiger partial charge in [-0.2, -0.15) is 4.37 Å². The van der Waals surface area contributed by atoms with Gasteiger partial charge in [-0.05, 0) is 75.5 Å². The first kappa shape index (κ1) is 20.6. The monoisotopic (exact) mass is 436 g/mol. The average molecular weight is 437 g/mol. The quantitative estimate of drug-likeness (QED) is 0.643. The average Bonchev–Trinajstić information content (AvgIpc) is 3.32. The number of fused-ring (bicyclic) bond motifs is 2. The number of nitrogens with two attached hydrogens (primary N) is 1. The van der Waals surface area contributed by atoms with Gasteiger partial charge in [-0.15, -0.1) is 0 Å². The maximum Gasteiger partial charge on any atom is 0.150 e. The predicted octanol–water partition coefficient (Wildman–Crippen LogP) is 2.60. The molecule has 7 heteroatoms. The summed E-state index contributed by atoms with van der Waals surface area (Å²) in [6, 6.07) is 0.262. The van der Waals surface area contributed by atoms with Crippen molar-refractivity contribution in [2.75, 3.05) is 13.6 Å². The summed E-state index contributed by atoms with van der Waals surface area (Å²) in [5.41, 5.74) is 12.4. The number of nitrogens with zero attached hydrogens (tertiary/aromatic N) is 5. The van der Waals surface area contributed by atoms with Crippen LogP contribution in [0.25, 0.3) is 22.4 Å². The molecular formula is C24H32N6S. The molecule has 0 spiro atoms. The predicted molar refractivity (Wildman–Crippen MR) is 127 cm³/mol. The number of aryl methyl sites for hydroxylation is 3. The van der Waals surface area contributed by atoms with Crippen molar-refractivity contribution >= 4 is 34.0 Å². The molecule has 0 radical (unpaired) electrons. The van der Waals surface area contributed by atoms with Crippen molar-refractivity contribution < 1.29 is 0 Å². The van der Waals surface area contributed by atoms with Crippen molar-refractivity contribution in [3.8, 4) is 0 Å². The third-order valence-electron chi connectivity index (χ3n) is 6.87. The van der Waals surface area contributed by atoms with Gasteiger partial charge in [0.15, 0.2) is 0 Å². The van der Waals surface area contributed by atoms with Crippen LogP contribution in [0.1, 0.15) is 55.4 Å². The summed E-state index contributed by atoms with van der Waals surface area (Å²) in [6.07, 6.45) is 7.75. The first-order valence-corrected chi connectivity index (χ1v) is 12.1. The van der Waals surface area contributed by atoms with E-state index in [9.17, 15) is 0 Å². The number of aromatic nitrogens is 4. The minimum atomic E-state index is 0.262. The van der Waals surface area contributed by atoms with Crippen molar-refractivity contribution in [2.24, 2.45) is 11.7 Å². The van der Waals surface area contributed by atoms with Gasteiger partial charge >= 0.3 is 0 Å². The molecule has 2 aliphatic rings. The molecule has 1 unspecified atom stereocenters. The summed E-state index contributed by atoms with van der Waals surface area (Å²) in [5.74, 6) is 2.85. The van der Waals surface area contributed by atoms with Gasteiger partial charge in [-0.25, -0.2) is 9.97 Å². The third-order valence-corrected chi connectivity index (χ3v) is 7.83. The molecule has 1 saturated carbocycles. The van der Waals surface area contributed by atoms with E-state index in [-0.39, 0.29) is 6.04 Å². The van der Waals surface area contributed by atoms with Crippen LogP contribution in [0.4, 0.5) is 0 Å². The Labute approximate surface area is 187 Å². The fraction of sp³-hybridized carbons (Fsp3) is 0.542. The summed E-state index contributed by atoms with van der Waals surface area (Å²) in [7, 11) is 2.16. The van der Waals surface area contributed by atoms with Crippen LogP contribution in [0, 0.1) is 26.7 Å². The molecule has 0 saturated heterocycles. The second kappa shape index (κ2) is 7.71. The zero-order chi connectivity index (χ0) is 21.9. The lowest BCUT2D eigenvalue weighted by atomic mass is 10.0. The number of rotatable bonds is 6. The van der Waals surface area contributed by atoms with E-state index in [1.807, 2.05) is 13.1 Å². The molecule has 4 heterocycles. The Hall–Kier alpha value is -2.25. The second-order valence-corrected chi connectivity index (χ2v) is 10.3. The number of hydrogen-bond acceptors (Lipinski definition) is 6. The van der Waals surface area contributed by atoms with Crippen LogP contribution in [-0.4, -0.2) is 43.4 Å². The zero-order valence-electron chi connectivity index (χ0n) is 19.2. The molecule has 0 amide bonds. The first-order chi connectivity index (χ1) is 14.8. The summed E-state index contributed by atoms with van der Waals surface area (Å²) < 4.78 is 8.11. The SMILES string of the molecule is CC1=c2sncc2=C(n2c(C)c(C)c3c(CCC(N)CC4CC4)nc(C)nc32)N(C)C1. The normalized spacial score (nSPS) is 17.5. The molecule has 0 aromatic carbocycles. The molecule has 5 rings (SSSR count). The zero-order valence-corrected chi connectivity index (χ0v) is 20.0. The minimum Gasteiger partial charge on any atom is -0.356 e. The molecule has 1 aliphatic heterocycles. The lowest BCUT2D eigenvalue weighted by Crippen LogP contribution is -2.40. The highest BCUT2D eigenvalue weighted by molar-refractivity contribution is 7.03. The van der Waals surface area contributed by atoms with Gasteiger partial charge in [0.25, 0.3) is 0 Å². The molecule has 3 aromatic rings. The molecule has 31 heavy (non-hydrogen) atoms. The van der Waals surface area contributed by atoms with Crippen molar-refractivity contribution in [1.82, 2.24) is 23.8 Å². The maximum atomic E-state index is 6.44. The Morgan fingerprint density at radius 1 is 1.19 bits per heavy atom. The van der Waals surface area contributed by atoms with E-state index >= 15 is 0 Å². The molecular weight excluding hydrogens is 404 g/mol. The standard InChI is InChI=1S/C24H32N6S/c1-13-12-29(5)24(19-11-26-31-22(13)19)30-15(3)14(2)21-20(27-16(4)28-23(21)30)9-8-18(25)10-17-6-7-17/h11,17-18H,6-10,12,25H2,1-5H3. The van der Waals surface area contributed by atoms with Gasteiger partial charge in [-0.1, -0.05) is 12.8 Å². The fourth-order valence-corrected chi connectivity index (χ4v) is 5.76. The van der Waals surface area contributed by atoms with E-state index < -0.39 is 0 Å². The van der Waals surface area contributed by atoms with E-state index in [4.69, 9.17) is 15.7 Å². The fourth-order valence-electron chi connectivity index (χ4n) is 5.04. The van der Waals surface area contributed by atoms with Gasteiger partial charge in [0, 0.05) is 30.7 Å². The van der Waals surface area contributed by atoms with Gasteiger partial charge in [-0.3, -0.25) is 4.57 Å². The molecule has 1 fully saturated rings. The molecule has 6 nitrogen and oxygen atoms in total. The van der Waals surface area contributed by atoms with Gasteiger partial charge < -0.3 is 10.6 Å². The van der Waals surface area contributed by atoms with Crippen molar-refractivity contribution in [3.63, 3.8) is 0 Å². The Morgan fingerprint density at radius 2 is 1.97 bits per heavy atom. The topological polar surface area (TPSA) is 72.9 Å². The van der Waals surface area contributed by atoms with E-state index in [0.29, 0.717) is 0 Å². The summed E-state index contributed by atoms with van der Waals surface area (Å²) >= 11 is 1.58. The molecule has 1 atom stereocenters. The summed E-state index contributed by atoms with van der Waals surface area (Å²) in [6.45, 7) is 9.50. The molecule has 0 bridgehead atoms. The Balaban J connectivity index is 1.67. The summed E-state index contributed by atoms with van der Waals surface area (Å²) in [4.78, 5) is 12.1. The Bertz CT molecular complexity index is 1280. The Morgan fingerprint density at radius 3 is 2.71 bits per heavy atom. The van der Waals surface area contributed by atoms with Crippen molar-refractivity contribution in [1.29, 1.82) is 0 Å². The van der Waals surface area contributed by atoms with E-state index in [2.05, 4.69) is 41.7 Å². The van der Waals surface area contributed by atoms with E-state index in [1.54, 1.807) is 11.5 Å². The lowest BCUT2D eigenvalue weighted by molar-refractivity contribution is 0.502. The lowest BCUT2D eigenvalue weighted by Gasteiger charge is -2.27.